The Morgan fingerprint density at radius 3 is 0.741 bits per heavy atom. The lowest BCUT2D eigenvalue weighted by Gasteiger charge is -2.08. The molecule has 24 nitrogen and oxygen atoms in total. The average molecular weight is 1460 g/mol. The monoisotopic (exact) mass is 1460 g/mol. The lowest BCUT2D eigenvalue weighted by Crippen LogP contribution is -2.15. The fraction of sp³-hybridized carbons (Fsp3) is 0.238. The summed E-state index contributed by atoms with van der Waals surface area (Å²) in [5.41, 5.74) is 17.0. The summed E-state index contributed by atoms with van der Waals surface area (Å²) in [5, 5.41) is 96.1. The number of hydrogen-bond donors (Lipinski definition) is 10. The minimum atomic E-state index is -0.634. The van der Waals surface area contributed by atoms with Gasteiger partial charge in [0.2, 0.25) is 0 Å². The first-order valence-corrected chi connectivity index (χ1v) is 33.3. The number of allylic oxidation sites excluding steroid dienone is 4. The van der Waals surface area contributed by atoms with Gasteiger partial charge in [-0.25, -0.2) is 0 Å². The van der Waals surface area contributed by atoms with Crippen LogP contribution in [0.25, 0.3) is 0 Å². The topological polar surface area (TPSA) is 403 Å². The van der Waals surface area contributed by atoms with E-state index in [1.54, 1.807) is 74.5 Å². The number of aliphatic hydroxyl groups is 4. The largest absolute Gasteiger partial charge is 0.511 e. The summed E-state index contributed by atoms with van der Waals surface area (Å²) in [6, 6.07) is 40.1. The summed E-state index contributed by atoms with van der Waals surface area (Å²) in [6.07, 6.45) is 13.8. The highest BCUT2D eigenvalue weighted by Crippen LogP contribution is 2.23. The number of aromatic nitrogens is 2. The Morgan fingerprint density at radius 1 is 0.352 bits per heavy atom. The first kappa shape index (κ1) is 88.0. The van der Waals surface area contributed by atoms with E-state index in [1.807, 2.05) is 156 Å². The predicted octanol–water partition coefficient (Wildman–Crippen LogP) is 16.9. The van der Waals surface area contributed by atoms with E-state index in [1.165, 1.54) is 37.4 Å². The molecule has 2 heterocycles. The third kappa shape index (κ3) is 28.2. The zero-order valence-electron chi connectivity index (χ0n) is 63.3. The van der Waals surface area contributed by atoms with E-state index in [0.29, 0.717) is 45.4 Å². The summed E-state index contributed by atoms with van der Waals surface area (Å²) in [4.78, 5) is 70.9. The van der Waals surface area contributed by atoms with Crippen molar-refractivity contribution >= 4 is 69.6 Å². The number of benzene rings is 6. The molecule has 2 aromatic heterocycles. The van der Waals surface area contributed by atoms with E-state index in [9.17, 15) is 39.0 Å². The van der Waals surface area contributed by atoms with Crippen molar-refractivity contribution < 1.29 is 58.2 Å². The van der Waals surface area contributed by atoms with Crippen LogP contribution in [0.1, 0.15) is 139 Å². The summed E-state index contributed by atoms with van der Waals surface area (Å²) >= 11 is 0. The molecule has 0 aliphatic rings. The lowest BCUT2D eigenvalue weighted by molar-refractivity contribution is -0.113. The highest BCUT2D eigenvalue weighted by molar-refractivity contribution is 6.09. The van der Waals surface area contributed by atoms with Gasteiger partial charge >= 0.3 is 0 Å². The molecule has 108 heavy (non-hydrogen) atoms. The third-order valence-corrected chi connectivity index (χ3v) is 16.2. The number of nitrogens with zero attached hydrogens (tertiary/aromatic N) is 6. The van der Waals surface area contributed by atoms with Gasteiger partial charge in [0.25, 0.3) is 35.4 Å². The van der Waals surface area contributed by atoms with Crippen LogP contribution < -0.4 is 31.9 Å². The molecule has 0 aliphatic carbocycles. The maximum Gasteiger partial charge on any atom is 0.269 e. The van der Waals surface area contributed by atoms with Crippen LogP contribution in [0.15, 0.2) is 176 Å². The molecule has 0 fully saturated rings. The smallest absolute Gasteiger partial charge is 0.269 e. The fourth-order valence-corrected chi connectivity index (χ4v) is 8.84. The molecule has 0 radical (unpaired) electrons. The summed E-state index contributed by atoms with van der Waals surface area (Å²) in [7, 11) is 0. The number of carbonyl (C=O) groups is 6. The fourth-order valence-electron chi connectivity index (χ4n) is 8.84. The van der Waals surface area contributed by atoms with Crippen molar-refractivity contribution in [2.45, 2.75) is 136 Å². The maximum atomic E-state index is 11.9. The normalized spacial score (nSPS) is 10.9. The van der Waals surface area contributed by atoms with Crippen molar-refractivity contribution in [1.82, 2.24) is 10.3 Å². The number of rotatable bonds is 16. The van der Waals surface area contributed by atoms with Crippen molar-refractivity contribution in [3.8, 4) is 49.0 Å². The second kappa shape index (κ2) is 43.7. The van der Waals surface area contributed by atoms with Crippen molar-refractivity contribution in [1.29, 1.82) is 21.0 Å². The van der Waals surface area contributed by atoms with E-state index in [2.05, 4.69) is 54.1 Å². The van der Waals surface area contributed by atoms with Gasteiger partial charge in [0.05, 0.1) is 12.4 Å². The van der Waals surface area contributed by atoms with Crippen molar-refractivity contribution in [3.05, 3.63) is 256 Å². The molecule has 24 heteroatoms. The Labute approximate surface area is 629 Å². The molecule has 0 unspecified atom stereocenters. The summed E-state index contributed by atoms with van der Waals surface area (Å²) in [5.74, 6) is 1.72. The molecule has 8 rings (SSSR count). The number of anilines is 6. The molecule has 6 amide bonds. The second-order valence-electron chi connectivity index (χ2n) is 24.5. The second-order valence-corrected chi connectivity index (χ2v) is 24.5. The Balaban J connectivity index is 0.000000337. The Morgan fingerprint density at radius 2 is 0.565 bits per heavy atom. The number of amides is 6. The van der Waals surface area contributed by atoms with Gasteiger partial charge in [0, 0.05) is 59.8 Å². The van der Waals surface area contributed by atoms with Gasteiger partial charge in [-0.3, -0.25) is 28.8 Å². The number of terminal acetylenes is 2. The van der Waals surface area contributed by atoms with Crippen LogP contribution in [0.4, 0.5) is 34.1 Å². The number of aryl methyl sites for hydroxylation is 14. The van der Waals surface area contributed by atoms with E-state index >= 15 is 0 Å². The third-order valence-electron chi connectivity index (χ3n) is 16.2. The average Bonchev–Trinajstić information content (AvgIpc) is 1.51. The Kier molecular flexibility index (Phi) is 35.6. The van der Waals surface area contributed by atoms with Crippen molar-refractivity contribution in [3.63, 3.8) is 0 Å². The van der Waals surface area contributed by atoms with Crippen LogP contribution in [0.5, 0.6) is 0 Å². The lowest BCUT2D eigenvalue weighted by atomic mass is 10.1. The van der Waals surface area contributed by atoms with Gasteiger partial charge in [-0.1, -0.05) is 46.7 Å². The van der Waals surface area contributed by atoms with Gasteiger partial charge in [-0.15, -0.1) is 24.7 Å². The van der Waals surface area contributed by atoms with Gasteiger partial charge < -0.3 is 61.4 Å². The summed E-state index contributed by atoms with van der Waals surface area (Å²) in [6.45, 7) is 29.7. The highest BCUT2D eigenvalue weighted by atomic mass is 16.5. The molecule has 6 aromatic carbocycles. The molecule has 0 aliphatic heterocycles. The van der Waals surface area contributed by atoms with Crippen LogP contribution in [0, 0.1) is 167 Å². The highest BCUT2D eigenvalue weighted by Gasteiger charge is 2.20. The van der Waals surface area contributed by atoms with Gasteiger partial charge in [-0.2, -0.15) is 21.0 Å². The molecule has 0 bridgehead atoms. The van der Waals surface area contributed by atoms with Gasteiger partial charge in [-0.05, 0) is 250 Å². The minimum absolute atomic E-state index is 0.111. The van der Waals surface area contributed by atoms with Crippen LogP contribution in [0.3, 0.4) is 0 Å². The van der Waals surface area contributed by atoms with Crippen molar-refractivity contribution in [2.24, 2.45) is 0 Å². The van der Waals surface area contributed by atoms with E-state index < -0.39 is 23.6 Å². The van der Waals surface area contributed by atoms with Crippen molar-refractivity contribution in [2.75, 3.05) is 31.9 Å². The number of aliphatic hydroxyl groups excluding tert-OH is 4. The Hall–Kier alpha value is -14.2. The van der Waals surface area contributed by atoms with E-state index in [-0.39, 0.29) is 82.8 Å². The molecular weight excluding hydrogens is 1370 g/mol. The molecule has 8 aromatic rings. The van der Waals surface area contributed by atoms with Gasteiger partial charge in [0.1, 0.15) is 70.0 Å². The molecule has 10 N–H and O–H groups in total. The van der Waals surface area contributed by atoms with Gasteiger partial charge in [0.15, 0.2) is 22.3 Å². The number of carbonyl (C=O) groups excluding carboxylic acids is 6. The van der Waals surface area contributed by atoms with E-state index in [0.717, 1.165) is 67.0 Å². The Bertz CT molecular complexity index is 4720. The molecule has 0 atom stereocenters. The first-order chi connectivity index (χ1) is 51.0. The molecule has 0 saturated carbocycles. The SMILES string of the molecule is C#CCC/C(O)=C(\C#N)C(=O)Nc1ccc(C)c(C)c1.C#CCC/C(O)=C(\C#N)C(=O)Nc1ccc(C)c(C)c1.C/C(O)=C(\C#N)C(=O)Nc1ccc(C)c(C)c1.C/C(O)=C(\C#N)C(=O)Nc1ccc(C)c(C)c1.Cc1ccc(NC(=O)c2cnoc2C)cc1C.Cc1ccc(NC(=O)c2cnoc2C)cc1C. The molecule has 0 spiro atoms. The number of hydrogen-bond acceptors (Lipinski definition) is 18. The van der Waals surface area contributed by atoms with Crippen LogP contribution in [0.2, 0.25) is 0 Å². The standard InChI is InChI=1S/2C16H16N2O2.4C13H14N2O2/c2*1-4-5-6-15(19)14(10-17)16(20)18-13-8-7-11(2)12(3)9-13;2*1-8-4-5-11(6-9(8)2)15-13(16)12-7-14-17-10(12)3;2*1-8-4-5-11(6-9(8)2)15-13(17)12(7-14)10(3)16/h2*1,7-9,19H,5-6H2,2-3H3,(H,18,20);2*4-7H,1-3H3,(H,15,16);2*4-6,16H,1-3H3,(H,15,17)/b2*15-14-;;;2*12-10-. The van der Waals surface area contributed by atoms with Crippen LogP contribution in [-0.4, -0.2) is 66.2 Å². The zero-order valence-corrected chi connectivity index (χ0v) is 63.3. The van der Waals surface area contributed by atoms with E-state index in [4.69, 9.17) is 53.2 Å². The minimum Gasteiger partial charge on any atom is -0.511 e. The summed E-state index contributed by atoms with van der Waals surface area (Å²) < 4.78 is 9.71. The predicted molar refractivity (Wildman–Crippen MR) is 417 cm³/mol. The van der Waals surface area contributed by atoms with Crippen LogP contribution >= 0.6 is 0 Å². The number of nitrogens with one attached hydrogen (secondary N) is 6. The molecular formula is C84H88N12O12. The quantitative estimate of drug-likeness (QED) is 0.0186. The molecule has 0 saturated heterocycles. The zero-order chi connectivity index (χ0) is 81.1. The maximum absolute atomic E-state index is 11.9. The van der Waals surface area contributed by atoms with Crippen LogP contribution in [-0.2, 0) is 19.2 Å². The molecule has 556 valence electrons. The number of nitriles is 4. The first-order valence-electron chi connectivity index (χ1n) is 33.3.